The first kappa shape index (κ1) is 25.4. The zero-order chi connectivity index (χ0) is 24.9. The van der Waals surface area contributed by atoms with Crippen LogP contribution in [-0.4, -0.2) is 45.3 Å². The monoisotopic (exact) mass is 484 g/mol. The number of hydrogen-bond acceptors (Lipinski definition) is 5. The maximum Gasteiger partial charge on any atom is 0.305 e. The summed E-state index contributed by atoms with van der Waals surface area (Å²) in [4.78, 5) is 10.9. The smallest absolute Gasteiger partial charge is 0.305 e. The van der Waals surface area contributed by atoms with Crippen molar-refractivity contribution in [2.45, 2.75) is 32.3 Å². The Morgan fingerprint density at radius 1 is 1.18 bits per heavy atom. The Morgan fingerprint density at radius 3 is 2.38 bits per heavy atom. The van der Waals surface area contributed by atoms with Crippen LogP contribution in [0.1, 0.15) is 37.4 Å². The summed E-state index contributed by atoms with van der Waals surface area (Å²) in [6.07, 6.45) is -2.36. The fourth-order valence-electron chi connectivity index (χ4n) is 3.51. The third-order valence-electron chi connectivity index (χ3n) is 5.09. The fourth-order valence-corrected chi connectivity index (χ4v) is 4.81. The van der Waals surface area contributed by atoms with Gasteiger partial charge in [-0.15, -0.1) is 0 Å². The minimum absolute atomic E-state index is 0.0364. The predicted molar refractivity (Wildman–Crippen MR) is 128 cm³/mol. The summed E-state index contributed by atoms with van der Waals surface area (Å²) >= 11 is 0. The molecule has 1 unspecified atom stereocenters. The largest absolute Gasteiger partial charge is 0.481 e. The van der Waals surface area contributed by atoms with Gasteiger partial charge in [-0.3, -0.25) is 9.36 Å². The molecule has 2 aromatic carbocycles. The molecule has 2 atom stereocenters. The number of aliphatic hydroxyl groups excluding tert-OH is 1. The number of aliphatic hydroxyl groups is 1. The molecule has 0 aliphatic heterocycles. The SMILES string of the molecule is COP(=O)(C#Cc1c(-c2ccc(F)cc2)nn(-c2ccccc2)c1C(C)C)C[C@@H](O)CC(=O)O. The van der Waals surface area contributed by atoms with Crippen molar-refractivity contribution in [3.05, 3.63) is 71.7 Å². The first-order chi connectivity index (χ1) is 16.1. The van der Waals surface area contributed by atoms with E-state index < -0.39 is 32.0 Å². The number of hydrogen-bond donors (Lipinski definition) is 2. The summed E-state index contributed by atoms with van der Waals surface area (Å²) < 4.78 is 33.6. The topological polar surface area (TPSA) is 102 Å². The van der Waals surface area contributed by atoms with Gasteiger partial charge in [0.15, 0.2) is 0 Å². The number of carbonyl (C=O) groups is 1. The van der Waals surface area contributed by atoms with Gasteiger partial charge >= 0.3 is 5.97 Å². The molecule has 0 aliphatic rings. The first-order valence-corrected chi connectivity index (χ1v) is 12.5. The predicted octanol–water partition coefficient (Wildman–Crippen LogP) is 4.87. The summed E-state index contributed by atoms with van der Waals surface area (Å²) in [6.45, 7) is 3.95. The summed E-state index contributed by atoms with van der Waals surface area (Å²) in [7, 11) is -2.47. The van der Waals surface area contributed by atoms with Gasteiger partial charge in [-0.2, -0.15) is 5.10 Å². The number of aliphatic carboxylic acids is 1. The second kappa shape index (κ2) is 10.8. The molecule has 1 heterocycles. The Bertz CT molecular complexity index is 1260. The van der Waals surface area contributed by atoms with Crippen molar-refractivity contribution in [1.29, 1.82) is 0 Å². The van der Waals surface area contributed by atoms with Crippen LogP contribution in [0, 0.1) is 17.4 Å². The van der Waals surface area contributed by atoms with Gasteiger partial charge in [0.25, 0.3) is 7.37 Å². The van der Waals surface area contributed by atoms with E-state index in [1.165, 1.54) is 19.2 Å². The summed E-state index contributed by atoms with van der Waals surface area (Å²) in [5, 5.41) is 23.6. The van der Waals surface area contributed by atoms with Gasteiger partial charge in [0, 0.05) is 12.7 Å². The molecular formula is C25H26FN2O5P. The Balaban J connectivity index is 2.19. The van der Waals surface area contributed by atoms with Gasteiger partial charge in [-0.05, 0) is 48.0 Å². The van der Waals surface area contributed by atoms with E-state index in [-0.39, 0.29) is 11.7 Å². The quantitative estimate of drug-likeness (QED) is 0.349. The van der Waals surface area contributed by atoms with Gasteiger partial charge in [-0.25, -0.2) is 9.07 Å². The number of carboxylic acid groups (broad SMARTS) is 1. The molecule has 0 radical (unpaired) electrons. The minimum atomic E-state index is -3.68. The number of rotatable bonds is 8. The second-order valence-electron chi connectivity index (χ2n) is 8.04. The zero-order valence-corrected chi connectivity index (χ0v) is 20.0. The number of halogens is 1. The van der Waals surface area contributed by atoms with Gasteiger partial charge in [0.1, 0.15) is 11.5 Å². The summed E-state index contributed by atoms with van der Waals surface area (Å²) in [5.41, 5.74) is 5.81. The highest BCUT2D eigenvalue weighted by molar-refractivity contribution is 7.64. The number of aromatic nitrogens is 2. The zero-order valence-electron chi connectivity index (χ0n) is 19.1. The Hall–Kier alpha value is -3.24. The van der Waals surface area contributed by atoms with Crippen LogP contribution in [0.5, 0.6) is 0 Å². The van der Waals surface area contributed by atoms with Gasteiger partial charge < -0.3 is 14.7 Å². The van der Waals surface area contributed by atoms with Crippen molar-refractivity contribution < 1.29 is 28.5 Å². The first-order valence-electron chi connectivity index (χ1n) is 10.7. The molecule has 0 spiro atoms. The average Bonchev–Trinajstić information content (AvgIpc) is 3.18. The number of benzene rings is 2. The molecule has 0 saturated heterocycles. The molecular weight excluding hydrogens is 458 g/mol. The molecule has 2 N–H and O–H groups in total. The van der Waals surface area contributed by atoms with Crippen molar-refractivity contribution >= 4 is 13.3 Å². The maximum absolute atomic E-state index is 13.6. The third kappa shape index (κ3) is 6.00. The van der Waals surface area contributed by atoms with E-state index in [9.17, 15) is 18.9 Å². The highest BCUT2D eigenvalue weighted by Gasteiger charge is 2.27. The van der Waals surface area contributed by atoms with Crippen molar-refractivity contribution in [2.75, 3.05) is 13.3 Å². The Morgan fingerprint density at radius 2 is 1.82 bits per heavy atom. The summed E-state index contributed by atoms with van der Waals surface area (Å²) in [5.74, 6) is 1.30. The lowest BCUT2D eigenvalue weighted by molar-refractivity contribution is -0.138. The highest BCUT2D eigenvalue weighted by Crippen LogP contribution is 2.46. The molecule has 3 aromatic rings. The standard InChI is InChI=1S/C25H26FN2O5P/c1-17(2)25-22(13-14-34(32,33-3)16-21(29)15-23(30)31)24(18-9-11-19(26)12-10-18)27-28(25)20-7-5-4-6-8-20/h4-12,17,21,29H,15-16H2,1-3H3,(H,30,31)/t21-,34?/m0/s1. The maximum atomic E-state index is 13.6. The lowest BCUT2D eigenvalue weighted by atomic mass is 10.0. The molecule has 0 amide bonds. The van der Waals surface area contributed by atoms with Crippen molar-refractivity contribution in [3.8, 4) is 28.5 Å². The summed E-state index contributed by atoms with van der Waals surface area (Å²) in [6, 6.07) is 15.3. The minimum Gasteiger partial charge on any atom is -0.481 e. The molecule has 3 rings (SSSR count). The van der Waals surface area contributed by atoms with E-state index in [4.69, 9.17) is 14.7 Å². The van der Waals surface area contributed by atoms with Crippen molar-refractivity contribution in [3.63, 3.8) is 0 Å². The lowest BCUT2D eigenvalue weighted by Gasteiger charge is -2.13. The average molecular weight is 484 g/mol. The van der Waals surface area contributed by atoms with E-state index >= 15 is 0 Å². The highest BCUT2D eigenvalue weighted by atomic mass is 31.2. The Labute approximate surface area is 197 Å². The molecule has 0 saturated carbocycles. The molecule has 7 nitrogen and oxygen atoms in total. The van der Waals surface area contributed by atoms with Crippen LogP contribution in [0.4, 0.5) is 4.39 Å². The van der Waals surface area contributed by atoms with E-state index in [1.54, 1.807) is 16.8 Å². The van der Waals surface area contributed by atoms with E-state index in [0.29, 0.717) is 16.8 Å². The van der Waals surface area contributed by atoms with Crippen LogP contribution in [0.25, 0.3) is 16.9 Å². The fraction of sp³-hybridized carbons (Fsp3) is 0.280. The van der Waals surface area contributed by atoms with E-state index in [1.807, 2.05) is 44.2 Å². The molecule has 0 fully saturated rings. The number of nitrogens with zero attached hydrogens (tertiary/aromatic N) is 2. The van der Waals surface area contributed by atoms with Gasteiger partial charge in [-0.1, -0.05) is 38.0 Å². The number of para-hydroxylation sites is 1. The molecule has 34 heavy (non-hydrogen) atoms. The Kier molecular flexibility index (Phi) is 8.06. The van der Waals surface area contributed by atoms with Crippen LogP contribution in [0.3, 0.4) is 0 Å². The van der Waals surface area contributed by atoms with Crippen LogP contribution < -0.4 is 0 Å². The molecule has 1 aromatic heterocycles. The molecule has 0 bridgehead atoms. The van der Waals surface area contributed by atoms with E-state index in [2.05, 4.69) is 11.6 Å². The molecule has 0 aliphatic carbocycles. The van der Waals surface area contributed by atoms with Crippen molar-refractivity contribution in [1.82, 2.24) is 9.78 Å². The number of carboxylic acids is 1. The molecule has 9 heteroatoms. The van der Waals surface area contributed by atoms with E-state index in [0.717, 1.165) is 11.4 Å². The molecule has 178 valence electrons. The van der Waals surface area contributed by atoms with Crippen LogP contribution in [0.2, 0.25) is 0 Å². The van der Waals surface area contributed by atoms with Gasteiger partial charge in [0.05, 0.1) is 35.6 Å². The third-order valence-corrected chi connectivity index (χ3v) is 7.04. The van der Waals surface area contributed by atoms with Crippen LogP contribution >= 0.6 is 7.37 Å². The van der Waals surface area contributed by atoms with Crippen molar-refractivity contribution in [2.24, 2.45) is 0 Å². The lowest BCUT2D eigenvalue weighted by Crippen LogP contribution is -2.17. The van der Waals surface area contributed by atoms with Gasteiger partial charge in [0.2, 0.25) is 0 Å². The van der Waals surface area contributed by atoms with Crippen LogP contribution in [-0.2, 0) is 13.9 Å². The normalized spacial score (nSPS) is 13.7. The second-order valence-corrected chi connectivity index (χ2v) is 10.3. The van der Waals surface area contributed by atoms with Crippen LogP contribution in [0.15, 0.2) is 54.6 Å².